The van der Waals surface area contributed by atoms with Gasteiger partial charge in [0.15, 0.2) is 0 Å². The molecule has 0 saturated carbocycles. The lowest BCUT2D eigenvalue weighted by molar-refractivity contribution is -0.137. The third-order valence-corrected chi connectivity index (χ3v) is 1.76. The van der Waals surface area contributed by atoms with Crippen LogP contribution in [0.3, 0.4) is 0 Å². The van der Waals surface area contributed by atoms with Crippen LogP contribution in [0, 0.1) is 6.07 Å². The van der Waals surface area contributed by atoms with Crippen LogP contribution in [0.2, 0.25) is 0 Å². The third kappa shape index (κ3) is 2.97. The molecule has 0 aromatic heterocycles. The first-order chi connectivity index (χ1) is 6.95. The third-order valence-electron chi connectivity index (χ3n) is 1.76. The number of alkyl halides is 3. The first-order valence-electron chi connectivity index (χ1n) is 4.32. The number of anilines is 1. The SMILES string of the molecule is CCC(=O)Nc1cc[c]cc1C(F)(F)F. The highest BCUT2D eigenvalue weighted by molar-refractivity contribution is 5.91. The molecule has 0 fully saturated rings. The number of rotatable bonds is 2. The Balaban J connectivity index is 3.02. The minimum Gasteiger partial charge on any atom is -0.326 e. The Morgan fingerprint density at radius 1 is 1.53 bits per heavy atom. The second-order valence-electron chi connectivity index (χ2n) is 2.87. The number of carbonyl (C=O) groups excluding carboxylic acids is 1. The van der Waals surface area contributed by atoms with Crippen LogP contribution in [0.15, 0.2) is 18.2 Å². The molecule has 0 unspecified atom stereocenters. The Bertz CT molecular complexity index is 360. The van der Waals surface area contributed by atoms with Gasteiger partial charge in [0.2, 0.25) is 5.91 Å². The van der Waals surface area contributed by atoms with Crippen molar-refractivity contribution in [3.63, 3.8) is 0 Å². The van der Waals surface area contributed by atoms with E-state index in [-0.39, 0.29) is 12.1 Å². The van der Waals surface area contributed by atoms with E-state index in [4.69, 9.17) is 0 Å². The van der Waals surface area contributed by atoms with Crippen molar-refractivity contribution in [2.45, 2.75) is 19.5 Å². The van der Waals surface area contributed by atoms with Crippen molar-refractivity contribution < 1.29 is 18.0 Å². The molecule has 1 N–H and O–H groups in total. The molecule has 2 nitrogen and oxygen atoms in total. The molecule has 0 spiro atoms. The summed E-state index contributed by atoms with van der Waals surface area (Å²) < 4.78 is 37.3. The number of benzene rings is 1. The molecule has 0 bridgehead atoms. The van der Waals surface area contributed by atoms with Gasteiger partial charge < -0.3 is 5.32 Å². The van der Waals surface area contributed by atoms with Crippen LogP contribution in [0.1, 0.15) is 18.9 Å². The number of carbonyl (C=O) groups is 1. The fraction of sp³-hybridized carbons (Fsp3) is 0.300. The lowest BCUT2D eigenvalue weighted by atomic mass is 10.1. The fourth-order valence-electron chi connectivity index (χ4n) is 1.01. The Morgan fingerprint density at radius 3 is 2.73 bits per heavy atom. The number of hydrogen-bond acceptors (Lipinski definition) is 1. The normalized spacial score (nSPS) is 11.2. The quantitative estimate of drug-likeness (QED) is 0.809. The zero-order valence-corrected chi connectivity index (χ0v) is 7.98. The van der Waals surface area contributed by atoms with E-state index in [9.17, 15) is 18.0 Å². The Labute approximate surface area is 85.1 Å². The summed E-state index contributed by atoms with van der Waals surface area (Å²) in [7, 11) is 0. The Kier molecular flexibility index (Phi) is 3.34. The molecule has 0 heterocycles. The van der Waals surface area contributed by atoms with E-state index >= 15 is 0 Å². The van der Waals surface area contributed by atoms with Gasteiger partial charge in [0.05, 0.1) is 11.3 Å². The summed E-state index contributed by atoms with van der Waals surface area (Å²) in [6.45, 7) is 1.57. The lowest BCUT2D eigenvalue weighted by Gasteiger charge is -2.12. The van der Waals surface area contributed by atoms with Gasteiger partial charge in [-0.3, -0.25) is 4.79 Å². The van der Waals surface area contributed by atoms with Gasteiger partial charge in [0, 0.05) is 6.42 Å². The van der Waals surface area contributed by atoms with Crippen LogP contribution >= 0.6 is 0 Å². The van der Waals surface area contributed by atoms with Gasteiger partial charge in [-0.2, -0.15) is 13.2 Å². The van der Waals surface area contributed by atoms with Gasteiger partial charge in [-0.25, -0.2) is 0 Å². The van der Waals surface area contributed by atoms with Gasteiger partial charge in [-0.05, 0) is 18.2 Å². The molecular formula is C10H9F3NO. The number of amides is 1. The molecule has 1 amide bonds. The van der Waals surface area contributed by atoms with Gasteiger partial charge in [0.1, 0.15) is 0 Å². The second-order valence-corrected chi connectivity index (χ2v) is 2.87. The topological polar surface area (TPSA) is 29.1 Å². The predicted octanol–water partition coefficient (Wildman–Crippen LogP) is 2.85. The standard InChI is InChI=1S/C10H9F3NO/c1-2-9(15)14-8-6-4-3-5-7(8)10(11,12)13/h4-6H,2H2,1H3,(H,14,15). The van der Waals surface area contributed by atoms with Gasteiger partial charge in [0.25, 0.3) is 0 Å². The zero-order chi connectivity index (χ0) is 11.5. The lowest BCUT2D eigenvalue weighted by Crippen LogP contribution is -2.15. The molecule has 0 aliphatic heterocycles. The molecule has 0 atom stereocenters. The van der Waals surface area contributed by atoms with E-state index in [1.807, 2.05) is 0 Å². The molecule has 15 heavy (non-hydrogen) atoms. The zero-order valence-electron chi connectivity index (χ0n) is 7.98. The highest BCUT2D eigenvalue weighted by Gasteiger charge is 2.33. The maximum absolute atomic E-state index is 12.4. The van der Waals surface area contributed by atoms with Gasteiger partial charge >= 0.3 is 6.18 Å². The maximum Gasteiger partial charge on any atom is 0.418 e. The molecule has 1 aromatic rings. The van der Waals surface area contributed by atoms with Crippen LogP contribution in [0.5, 0.6) is 0 Å². The largest absolute Gasteiger partial charge is 0.418 e. The second kappa shape index (κ2) is 4.33. The summed E-state index contributed by atoms with van der Waals surface area (Å²) in [6.07, 6.45) is -4.34. The van der Waals surface area contributed by atoms with Crippen molar-refractivity contribution in [3.05, 3.63) is 29.8 Å². The van der Waals surface area contributed by atoms with Crippen molar-refractivity contribution in [2.24, 2.45) is 0 Å². The molecule has 5 heteroatoms. The minimum atomic E-state index is -4.48. The van der Waals surface area contributed by atoms with E-state index in [1.54, 1.807) is 6.92 Å². The van der Waals surface area contributed by atoms with Crippen molar-refractivity contribution in [1.29, 1.82) is 0 Å². The van der Waals surface area contributed by atoms with Gasteiger partial charge in [-0.15, -0.1) is 0 Å². The van der Waals surface area contributed by atoms with E-state index in [0.717, 1.165) is 6.07 Å². The molecule has 1 radical (unpaired) electrons. The summed E-state index contributed by atoms with van der Waals surface area (Å²) in [6, 6.07) is 5.64. The number of nitrogens with one attached hydrogen (secondary N) is 1. The fourth-order valence-corrected chi connectivity index (χ4v) is 1.01. The average Bonchev–Trinajstić information content (AvgIpc) is 2.17. The van der Waals surface area contributed by atoms with E-state index in [2.05, 4.69) is 11.4 Å². The highest BCUT2D eigenvalue weighted by atomic mass is 19.4. The van der Waals surface area contributed by atoms with Crippen LogP contribution < -0.4 is 5.32 Å². The molecular weight excluding hydrogens is 207 g/mol. The van der Waals surface area contributed by atoms with Crippen molar-refractivity contribution in [1.82, 2.24) is 0 Å². The summed E-state index contributed by atoms with van der Waals surface area (Å²) in [5, 5.41) is 2.19. The first kappa shape index (κ1) is 11.6. The van der Waals surface area contributed by atoms with Crippen molar-refractivity contribution in [3.8, 4) is 0 Å². The predicted molar refractivity (Wildman–Crippen MR) is 49.2 cm³/mol. The summed E-state index contributed by atoms with van der Waals surface area (Å²) in [5.74, 6) is -0.452. The smallest absolute Gasteiger partial charge is 0.326 e. The van der Waals surface area contributed by atoms with Crippen LogP contribution in [-0.2, 0) is 11.0 Å². The molecule has 81 valence electrons. The molecule has 0 aliphatic carbocycles. The van der Waals surface area contributed by atoms with Crippen LogP contribution in [0.25, 0.3) is 0 Å². The number of hydrogen-bond donors (Lipinski definition) is 1. The summed E-state index contributed by atoms with van der Waals surface area (Å²) in [5.41, 5.74) is -1.11. The van der Waals surface area contributed by atoms with E-state index in [0.29, 0.717) is 0 Å². The van der Waals surface area contributed by atoms with Crippen molar-refractivity contribution >= 4 is 11.6 Å². The number of halogens is 3. The molecule has 0 saturated heterocycles. The summed E-state index contributed by atoms with van der Waals surface area (Å²) in [4.78, 5) is 11.0. The maximum atomic E-state index is 12.4. The first-order valence-corrected chi connectivity index (χ1v) is 4.32. The van der Waals surface area contributed by atoms with Gasteiger partial charge in [-0.1, -0.05) is 13.0 Å². The Hall–Kier alpha value is -1.52. The highest BCUT2D eigenvalue weighted by Crippen LogP contribution is 2.34. The average molecular weight is 216 g/mol. The van der Waals surface area contributed by atoms with Crippen LogP contribution in [-0.4, -0.2) is 5.91 Å². The van der Waals surface area contributed by atoms with E-state index < -0.39 is 17.6 Å². The Morgan fingerprint density at radius 2 is 2.20 bits per heavy atom. The molecule has 0 aliphatic rings. The monoisotopic (exact) mass is 216 g/mol. The van der Waals surface area contributed by atoms with Crippen molar-refractivity contribution in [2.75, 3.05) is 5.32 Å². The minimum absolute atomic E-state index is 0.135. The van der Waals surface area contributed by atoms with E-state index in [1.165, 1.54) is 12.1 Å². The molecule has 1 rings (SSSR count). The summed E-state index contributed by atoms with van der Waals surface area (Å²) >= 11 is 0. The van der Waals surface area contributed by atoms with Crippen LogP contribution in [0.4, 0.5) is 18.9 Å². The molecule has 1 aromatic carbocycles.